The summed E-state index contributed by atoms with van der Waals surface area (Å²) in [4.78, 5) is 23.4. The number of ether oxygens (including phenoxy) is 4. The van der Waals surface area contributed by atoms with E-state index in [1.54, 1.807) is 47.0 Å². The van der Waals surface area contributed by atoms with Crippen molar-refractivity contribution in [3.63, 3.8) is 0 Å². The van der Waals surface area contributed by atoms with E-state index in [0.29, 0.717) is 47.8 Å². The number of nitriles is 1. The Bertz CT molecular complexity index is 1990. The Hall–Kier alpha value is -4.68. The highest BCUT2D eigenvalue weighted by molar-refractivity contribution is 7.99. The maximum atomic E-state index is 14.9. The zero-order valence-electron chi connectivity index (χ0n) is 35.0. The molecule has 3 aliphatic rings. The number of aliphatic hydroxyl groups is 3. The first-order chi connectivity index (χ1) is 29.9. The molecule has 0 bridgehead atoms. The van der Waals surface area contributed by atoms with Gasteiger partial charge >= 0.3 is 0 Å². The largest absolute Gasteiger partial charge is 0.493 e. The number of carbonyl (C=O) groups excluding carboxylic acids is 1. The number of aliphatic hydroxyl groups excluding tert-OH is 3. The Morgan fingerprint density at radius 2 is 1.77 bits per heavy atom. The molecule has 13 heteroatoms. The molecule has 1 aliphatic heterocycles. The number of fused-ring (bicyclic) bond motifs is 2. The van der Waals surface area contributed by atoms with E-state index in [9.17, 15) is 25.4 Å². The van der Waals surface area contributed by atoms with Gasteiger partial charge in [0.25, 0.3) is 5.91 Å². The topological polar surface area (TPSA) is 163 Å². The molecule has 326 valence electrons. The van der Waals surface area contributed by atoms with Crippen molar-refractivity contribution in [1.82, 2.24) is 4.90 Å². The standard InChI is InChI=1S/C48H59N3O9S/c1-3-25-59-48-44(51(21-26-57-27-24-54)47(55)35-17-15-34(33-49)16-18-35)32-42(50-56-2)40-30-36(11-7-9-22-52)39(14-8-10-23-53)45(46(40)48)41-31-37(19-20-43(41)60-48)58-28-29-61-38-12-5-4-6-13-38/h3-6,12-13,15-20,30-31,36,39,44-46,52-54H,1,7-11,14,21-29,32H2,2H3. The minimum Gasteiger partial charge on any atom is -0.493 e. The summed E-state index contributed by atoms with van der Waals surface area (Å²) >= 11 is 1.73. The Balaban J connectivity index is 1.51. The van der Waals surface area contributed by atoms with Crippen molar-refractivity contribution in [2.45, 2.75) is 67.6 Å². The zero-order valence-corrected chi connectivity index (χ0v) is 35.8. The number of nitrogens with zero attached hydrogens (tertiary/aromatic N) is 3. The molecule has 0 saturated heterocycles. The number of carbonyl (C=O) groups is 1. The quantitative estimate of drug-likeness (QED) is 0.0363. The normalized spacial score (nSPS) is 23.2. The molecule has 3 aromatic rings. The number of hydrogen-bond acceptors (Lipinski definition) is 12. The smallest absolute Gasteiger partial charge is 0.254 e. The van der Waals surface area contributed by atoms with Gasteiger partial charge in [-0.15, -0.1) is 18.3 Å². The number of amides is 1. The minimum absolute atomic E-state index is 0.0512. The van der Waals surface area contributed by atoms with Crippen LogP contribution in [0.3, 0.4) is 0 Å². The molecule has 3 aromatic carbocycles. The van der Waals surface area contributed by atoms with Gasteiger partial charge in [-0.25, -0.2) is 0 Å². The van der Waals surface area contributed by atoms with Crippen molar-refractivity contribution in [3.05, 3.63) is 114 Å². The van der Waals surface area contributed by atoms with Crippen LogP contribution in [0, 0.1) is 29.1 Å². The van der Waals surface area contributed by atoms with Crippen molar-refractivity contribution in [2.24, 2.45) is 22.9 Å². The van der Waals surface area contributed by atoms with Crippen LogP contribution >= 0.6 is 11.8 Å². The van der Waals surface area contributed by atoms with E-state index >= 15 is 0 Å². The van der Waals surface area contributed by atoms with Crippen LogP contribution in [-0.4, -0.2) is 109 Å². The molecular formula is C48H59N3O9S. The Labute approximate surface area is 363 Å². The average Bonchev–Trinajstić information content (AvgIpc) is 3.29. The molecule has 6 atom stereocenters. The molecule has 61 heavy (non-hydrogen) atoms. The molecular weight excluding hydrogens is 795 g/mol. The maximum Gasteiger partial charge on any atom is 0.254 e. The van der Waals surface area contributed by atoms with Crippen LogP contribution in [0.4, 0.5) is 0 Å². The van der Waals surface area contributed by atoms with E-state index in [2.05, 4.69) is 42.1 Å². The molecule has 1 saturated carbocycles. The molecule has 2 aliphatic carbocycles. The summed E-state index contributed by atoms with van der Waals surface area (Å²) in [7, 11) is 1.52. The predicted octanol–water partition coefficient (Wildman–Crippen LogP) is 7.14. The monoisotopic (exact) mass is 853 g/mol. The van der Waals surface area contributed by atoms with Crippen molar-refractivity contribution < 1.29 is 43.9 Å². The summed E-state index contributed by atoms with van der Waals surface area (Å²) in [6, 6.07) is 24.1. The molecule has 1 amide bonds. The lowest BCUT2D eigenvalue weighted by Crippen LogP contribution is -2.70. The molecule has 12 nitrogen and oxygen atoms in total. The summed E-state index contributed by atoms with van der Waals surface area (Å²) in [5, 5.41) is 43.5. The molecule has 6 rings (SSSR count). The Morgan fingerprint density at radius 3 is 2.48 bits per heavy atom. The lowest BCUT2D eigenvalue weighted by atomic mass is 9.55. The van der Waals surface area contributed by atoms with E-state index < -0.39 is 17.7 Å². The van der Waals surface area contributed by atoms with Gasteiger partial charge in [0.2, 0.25) is 5.79 Å². The SMILES string of the molecule is C=CCOC12Oc3ccc(OCCSc4ccccc4)cc3C3C(CCCCO)C(CCCCO)C=C(C(=NOC)CC1N(CCOCCO)C(=O)c1ccc(C#N)cc1)C32. The lowest BCUT2D eigenvalue weighted by Gasteiger charge is -2.60. The van der Waals surface area contributed by atoms with E-state index in [1.165, 1.54) is 12.0 Å². The van der Waals surface area contributed by atoms with E-state index in [1.807, 2.05) is 30.3 Å². The van der Waals surface area contributed by atoms with Crippen LogP contribution in [0.25, 0.3) is 0 Å². The first-order valence-corrected chi connectivity index (χ1v) is 22.3. The van der Waals surface area contributed by atoms with Crippen LogP contribution in [0.1, 0.15) is 72.3 Å². The lowest BCUT2D eigenvalue weighted by molar-refractivity contribution is -0.254. The number of allylic oxidation sites excluding steroid dienone is 1. The third kappa shape index (κ3) is 10.9. The Kier molecular flexibility index (Phi) is 17.3. The summed E-state index contributed by atoms with van der Waals surface area (Å²) in [6.45, 7) is 5.00. The first-order valence-electron chi connectivity index (χ1n) is 21.3. The van der Waals surface area contributed by atoms with Gasteiger partial charge in [-0.05, 0) is 97.7 Å². The van der Waals surface area contributed by atoms with Crippen LogP contribution in [0.5, 0.6) is 11.5 Å². The van der Waals surface area contributed by atoms with Gasteiger partial charge < -0.3 is 44.0 Å². The molecule has 3 N–H and O–H groups in total. The zero-order chi connectivity index (χ0) is 43.0. The van der Waals surface area contributed by atoms with E-state index in [-0.39, 0.29) is 76.3 Å². The van der Waals surface area contributed by atoms with E-state index in [4.69, 9.17) is 23.8 Å². The van der Waals surface area contributed by atoms with Gasteiger partial charge in [0.1, 0.15) is 24.7 Å². The summed E-state index contributed by atoms with van der Waals surface area (Å²) in [5.41, 5.74) is 3.38. The number of hydrogen-bond donors (Lipinski definition) is 3. The van der Waals surface area contributed by atoms with Gasteiger partial charge in [-0.3, -0.25) is 4.79 Å². The van der Waals surface area contributed by atoms with Crippen LogP contribution in [-0.2, 0) is 14.3 Å². The van der Waals surface area contributed by atoms with Crippen LogP contribution < -0.4 is 9.47 Å². The van der Waals surface area contributed by atoms with E-state index in [0.717, 1.165) is 42.6 Å². The van der Waals surface area contributed by atoms with Crippen molar-refractivity contribution in [2.75, 3.05) is 65.7 Å². The maximum absolute atomic E-state index is 14.9. The van der Waals surface area contributed by atoms with Crippen molar-refractivity contribution in [1.29, 1.82) is 5.26 Å². The highest BCUT2D eigenvalue weighted by Crippen LogP contribution is 2.62. The third-order valence-electron chi connectivity index (χ3n) is 11.8. The predicted molar refractivity (Wildman–Crippen MR) is 235 cm³/mol. The van der Waals surface area contributed by atoms with Crippen molar-refractivity contribution >= 4 is 23.4 Å². The second-order valence-electron chi connectivity index (χ2n) is 15.5. The van der Waals surface area contributed by atoms with Crippen LogP contribution in [0.2, 0.25) is 0 Å². The second-order valence-corrected chi connectivity index (χ2v) is 16.7. The van der Waals surface area contributed by atoms with Gasteiger partial charge in [-0.2, -0.15) is 5.26 Å². The number of benzene rings is 3. The third-order valence-corrected chi connectivity index (χ3v) is 12.8. The molecule has 6 unspecified atom stereocenters. The average molecular weight is 854 g/mol. The fraction of sp³-hybridized carbons (Fsp3) is 0.479. The highest BCUT2D eigenvalue weighted by Gasteiger charge is 2.65. The van der Waals surface area contributed by atoms with Crippen LogP contribution in [0.15, 0.2) is 107 Å². The highest BCUT2D eigenvalue weighted by atomic mass is 32.2. The second kappa shape index (κ2) is 23.0. The molecule has 0 aromatic heterocycles. The Morgan fingerprint density at radius 1 is 1.00 bits per heavy atom. The van der Waals surface area contributed by atoms with Gasteiger partial charge in [-0.1, -0.05) is 48.3 Å². The number of thioether (sulfide) groups is 1. The summed E-state index contributed by atoms with van der Waals surface area (Å²) < 4.78 is 26.6. The first kappa shape index (κ1) is 45.8. The molecule has 1 heterocycles. The summed E-state index contributed by atoms with van der Waals surface area (Å²) in [6.07, 6.45) is 8.77. The fourth-order valence-electron chi connectivity index (χ4n) is 9.27. The minimum atomic E-state index is -1.45. The number of unbranched alkanes of at least 4 members (excludes halogenated alkanes) is 2. The number of rotatable bonds is 24. The molecule has 1 fully saturated rings. The fourth-order valence-corrected chi connectivity index (χ4v) is 10.0. The number of oxime groups is 1. The molecule has 0 spiro atoms. The van der Waals surface area contributed by atoms with Gasteiger partial charge in [0.15, 0.2) is 0 Å². The van der Waals surface area contributed by atoms with Gasteiger partial charge in [0, 0.05) is 53.9 Å². The molecule has 0 radical (unpaired) electrons. The van der Waals surface area contributed by atoms with Gasteiger partial charge in [0.05, 0.1) is 56.3 Å². The summed E-state index contributed by atoms with van der Waals surface area (Å²) in [5.74, 6) is -0.233. The van der Waals surface area contributed by atoms with Crippen molar-refractivity contribution in [3.8, 4) is 17.6 Å².